The smallest absolute Gasteiger partial charge is 0.259 e. The maximum atomic E-state index is 13.0. The zero-order valence-corrected chi connectivity index (χ0v) is 18.4. The molecule has 0 saturated carbocycles. The van der Waals surface area contributed by atoms with Crippen molar-refractivity contribution >= 4 is 57.6 Å². The van der Waals surface area contributed by atoms with Crippen LogP contribution in [0.5, 0.6) is 0 Å². The Hall–Kier alpha value is -2.64. The SMILES string of the molecule is Cc1ccc(NC(=O)CSC2=Nc3ccccc3C3=N[C@@H](C(C)C)C(=O)N23)c(Cl)c1. The summed E-state index contributed by atoms with van der Waals surface area (Å²) in [6, 6.07) is 12.6. The lowest BCUT2D eigenvalue weighted by Crippen LogP contribution is -2.42. The zero-order chi connectivity index (χ0) is 21.4. The lowest BCUT2D eigenvalue weighted by Gasteiger charge is -2.25. The minimum atomic E-state index is -0.447. The fourth-order valence-electron chi connectivity index (χ4n) is 3.34. The second kappa shape index (κ2) is 8.24. The molecule has 2 aliphatic heterocycles. The highest BCUT2D eigenvalue weighted by atomic mass is 35.5. The van der Waals surface area contributed by atoms with E-state index in [9.17, 15) is 9.59 Å². The van der Waals surface area contributed by atoms with Crippen LogP contribution in [0.25, 0.3) is 0 Å². The van der Waals surface area contributed by atoms with Gasteiger partial charge in [0.15, 0.2) is 5.17 Å². The average Bonchev–Trinajstić information content (AvgIpc) is 3.06. The van der Waals surface area contributed by atoms with Crippen molar-refractivity contribution in [3.8, 4) is 0 Å². The van der Waals surface area contributed by atoms with Crippen molar-refractivity contribution in [2.45, 2.75) is 26.8 Å². The van der Waals surface area contributed by atoms with Crippen LogP contribution < -0.4 is 5.32 Å². The van der Waals surface area contributed by atoms with Crippen LogP contribution in [0.3, 0.4) is 0 Å². The summed E-state index contributed by atoms with van der Waals surface area (Å²) in [4.78, 5) is 36.4. The fourth-order valence-corrected chi connectivity index (χ4v) is 4.42. The van der Waals surface area contributed by atoms with Crippen LogP contribution in [0.2, 0.25) is 5.02 Å². The maximum Gasteiger partial charge on any atom is 0.259 e. The average molecular weight is 441 g/mol. The van der Waals surface area contributed by atoms with E-state index in [-0.39, 0.29) is 23.5 Å². The van der Waals surface area contributed by atoms with Crippen LogP contribution in [-0.2, 0) is 9.59 Å². The predicted molar refractivity (Wildman–Crippen MR) is 123 cm³/mol. The molecule has 0 aromatic heterocycles. The zero-order valence-electron chi connectivity index (χ0n) is 16.8. The molecule has 2 aliphatic rings. The van der Waals surface area contributed by atoms with Gasteiger partial charge in [0.2, 0.25) is 5.91 Å². The van der Waals surface area contributed by atoms with Crippen LogP contribution in [-0.4, -0.2) is 39.5 Å². The molecule has 0 spiro atoms. The normalized spacial score (nSPS) is 17.4. The number of rotatable bonds is 4. The molecule has 8 heteroatoms. The molecular formula is C22H21ClN4O2S. The number of aryl methyl sites for hydroxylation is 1. The number of amidine groups is 2. The van der Waals surface area contributed by atoms with E-state index in [0.29, 0.717) is 21.7 Å². The molecule has 4 rings (SSSR count). The summed E-state index contributed by atoms with van der Waals surface area (Å²) >= 11 is 7.41. The summed E-state index contributed by atoms with van der Waals surface area (Å²) in [7, 11) is 0. The van der Waals surface area contributed by atoms with E-state index in [2.05, 4.69) is 15.3 Å². The van der Waals surface area contributed by atoms with E-state index in [1.807, 2.05) is 51.1 Å². The van der Waals surface area contributed by atoms with Gasteiger partial charge in [0.05, 0.1) is 22.2 Å². The molecule has 0 aliphatic carbocycles. The number of hydrogen-bond donors (Lipinski definition) is 1. The van der Waals surface area contributed by atoms with Crippen LogP contribution in [0.4, 0.5) is 11.4 Å². The summed E-state index contributed by atoms with van der Waals surface area (Å²) in [6.07, 6.45) is 0. The number of halogens is 1. The number of carbonyl (C=O) groups is 2. The van der Waals surface area contributed by atoms with Gasteiger partial charge in [-0.25, -0.2) is 9.89 Å². The lowest BCUT2D eigenvalue weighted by atomic mass is 10.1. The number of nitrogens with zero attached hydrogens (tertiary/aromatic N) is 3. The topological polar surface area (TPSA) is 74.1 Å². The monoisotopic (exact) mass is 440 g/mol. The van der Waals surface area contributed by atoms with Gasteiger partial charge >= 0.3 is 0 Å². The van der Waals surface area contributed by atoms with E-state index in [1.54, 1.807) is 17.0 Å². The summed E-state index contributed by atoms with van der Waals surface area (Å²) in [5.41, 5.74) is 3.15. The van der Waals surface area contributed by atoms with Crippen LogP contribution >= 0.6 is 23.4 Å². The molecule has 1 N–H and O–H groups in total. The molecule has 2 heterocycles. The van der Waals surface area contributed by atoms with Crippen LogP contribution in [0.1, 0.15) is 25.0 Å². The van der Waals surface area contributed by atoms with Gasteiger partial charge in [0, 0.05) is 5.56 Å². The van der Waals surface area contributed by atoms with Gasteiger partial charge in [-0.1, -0.05) is 55.4 Å². The van der Waals surface area contributed by atoms with E-state index in [1.165, 1.54) is 11.8 Å². The molecule has 0 fully saturated rings. The van der Waals surface area contributed by atoms with Gasteiger partial charge in [-0.15, -0.1) is 0 Å². The van der Waals surface area contributed by atoms with E-state index in [0.717, 1.165) is 16.8 Å². The summed E-state index contributed by atoms with van der Waals surface area (Å²) < 4.78 is 0. The predicted octanol–water partition coefficient (Wildman–Crippen LogP) is 4.63. The van der Waals surface area contributed by atoms with Gasteiger partial charge in [0.1, 0.15) is 11.9 Å². The molecule has 2 aromatic carbocycles. The first kappa shape index (κ1) is 20.6. The Morgan fingerprint density at radius 1 is 1.27 bits per heavy atom. The Labute approximate surface area is 184 Å². The molecule has 6 nitrogen and oxygen atoms in total. The number of aliphatic imine (C=N–C) groups is 2. The lowest BCUT2D eigenvalue weighted by molar-refractivity contribution is -0.125. The molecule has 0 radical (unpaired) electrons. The second-order valence-corrected chi connectivity index (χ2v) is 8.90. The minimum Gasteiger partial charge on any atom is -0.324 e. The Kier molecular flexibility index (Phi) is 5.66. The minimum absolute atomic E-state index is 0.0704. The number of carbonyl (C=O) groups excluding carboxylic acids is 2. The van der Waals surface area contributed by atoms with E-state index in [4.69, 9.17) is 11.6 Å². The Morgan fingerprint density at radius 2 is 2.03 bits per heavy atom. The number of thioether (sulfide) groups is 1. The molecule has 1 atom stereocenters. The highest BCUT2D eigenvalue weighted by molar-refractivity contribution is 8.14. The third-order valence-electron chi connectivity index (χ3n) is 4.86. The van der Waals surface area contributed by atoms with Crippen molar-refractivity contribution in [1.82, 2.24) is 4.90 Å². The van der Waals surface area contributed by atoms with Gasteiger partial charge in [-0.2, -0.15) is 0 Å². The fraction of sp³-hybridized carbons (Fsp3) is 0.273. The number of fused-ring (bicyclic) bond motifs is 3. The largest absolute Gasteiger partial charge is 0.324 e. The first-order chi connectivity index (χ1) is 14.3. The summed E-state index contributed by atoms with van der Waals surface area (Å²) in [5, 5.41) is 3.76. The molecule has 2 amide bonds. The highest BCUT2D eigenvalue weighted by Gasteiger charge is 2.42. The molecule has 2 aromatic rings. The maximum absolute atomic E-state index is 13.0. The highest BCUT2D eigenvalue weighted by Crippen LogP contribution is 2.34. The van der Waals surface area contributed by atoms with Crippen molar-refractivity contribution in [2.24, 2.45) is 15.9 Å². The quantitative estimate of drug-likeness (QED) is 0.752. The van der Waals surface area contributed by atoms with Gasteiger partial charge in [0.25, 0.3) is 5.91 Å². The summed E-state index contributed by atoms with van der Waals surface area (Å²) in [5.74, 6) is 0.435. The van der Waals surface area contributed by atoms with Crippen molar-refractivity contribution in [1.29, 1.82) is 0 Å². The van der Waals surface area contributed by atoms with Crippen molar-refractivity contribution in [2.75, 3.05) is 11.1 Å². The molecule has 30 heavy (non-hydrogen) atoms. The third kappa shape index (κ3) is 3.87. The number of anilines is 1. The van der Waals surface area contributed by atoms with Gasteiger partial charge < -0.3 is 5.32 Å². The summed E-state index contributed by atoms with van der Waals surface area (Å²) in [6.45, 7) is 5.88. The number of nitrogens with one attached hydrogen (secondary N) is 1. The first-order valence-corrected chi connectivity index (χ1v) is 11.0. The Balaban J connectivity index is 1.55. The molecule has 0 unspecified atom stereocenters. The van der Waals surface area contributed by atoms with Crippen LogP contribution in [0, 0.1) is 12.8 Å². The van der Waals surface area contributed by atoms with Crippen molar-refractivity contribution < 1.29 is 9.59 Å². The number of hydrogen-bond acceptors (Lipinski definition) is 5. The van der Waals surface area contributed by atoms with E-state index >= 15 is 0 Å². The number of amides is 2. The Morgan fingerprint density at radius 3 is 2.77 bits per heavy atom. The van der Waals surface area contributed by atoms with E-state index < -0.39 is 6.04 Å². The Bertz CT molecular complexity index is 1100. The molecule has 0 saturated heterocycles. The third-order valence-corrected chi connectivity index (χ3v) is 6.11. The second-order valence-electron chi connectivity index (χ2n) is 7.55. The number of benzene rings is 2. The van der Waals surface area contributed by atoms with Gasteiger partial charge in [-0.05, 0) is 42.7 Å². The first-order valence-electron chi connectivity index (χ1n) is 9.64. The van der Waals surface area contributed by atoms with Crippen molar-refractivity contribution in [3.63, 3.8) is 0 Å². The molecule has 0 bridgehead atoms. The van der Waals surface area contributed by atoms with Crippen molar-refractivity contribution in [3.05, 3.63) is 58.6 Å². The molecule has 154 valence electrons. The number of para-hydroxylation sites is 1. The standard InChI is InChI=1S/C22H21ClN4O2S/c1-12(2)19-21(29)27-20(26-19)14-6-4-5-7-16(14)25-22(27)30-11-18(28)24-17-9-8-13(3)10-15(17)23/h4-10,12,19H,11H2,1-3H3,(H,24,28)/t19-/m0/s1. The van der Waals surface area contributed by atoms with Crippen LogP contribution in [0.15, 0.2) is 52.4 Å². The van der Waals surface area contributed by atoms with Gasteiger partial charge in [-0.3, -0.25) is 14.6 Å². The molecular weight excluding hydrogens is 420 g/mol.